The first-order valence-corrected chi connectivity index (χ1v) is 11.2. The van der Waals surface area contributed by atoms with Gasteiger partial charge in [0.2, 0.25) is 15.9 Å². The first-order chi connectivity index (χ1) is 14.9. The number of hydrogen-bond acceptors (Lipinski definition) is 5. The predicted molar refractivity (Wildman–Crippen MR) is 112 cm³/mol. The van der Waals surface area contributed by atoms with E-state index in [0.717, 1.165) is 17.7 Å². The number of hydrogen-bond donors (Lipinski definition) is 3. The maximum atomic E-state index is 12.7. The Bertz CT molecular complexity index is 1040. The van der Waals surface area contributed by atoms with E-state index in [1.165, 1.54) is 18.2 Å². The zero-order chi connectivity index (χ0) is 23.9. The SMILES string of the molecule is Cc1ccc(S(=O)(=O)NCCC(=O)NCC(O)COc2cccc(C(F)(F)F)c2)c(C)c1. The Kier molecular flexibility index (Phi) is 8.65. The van der Waals surface area contributed by atoms with E-state index < -0.39 is 33.8 Å². The number of aryl methyl sites for hydroxylation is 2. The number of alkyl halides is 3. The second kappa shape index (κ2) is 10.8. The summed E-state index contributed by atoms with van der Waals surface area (Å²) in [6.45, 7) is 2.85. The normalized spacial score (nSPS) is 12.9. The van der Waals surface area contributed by atoms with Gasteiger partial charge < -0.3 is 15.2 Å². The van der Waals surface area contributed by atoms with Crippen LogP contribution in [0.5, 0.6) is 5.75 Å². The lowest BCUT2D eigenvalue weighted by molar-refractivity contribution is -0.137. The summed E-state index contributed by atoms with van der Waals surface area (Å²) < 4.78 is 70.2. The summed E-state index contributed by atoms with van der Waals surface area (Å²) in [5, 5.41) is 12.3. The van der Waals surface area contributed by atoms with Crippen molar-refractivity contribution in [2.45, 2.75) is 37.4 Å². The van der Waals surface area contributed by atoms with Crippen molar-refractivity contribution in [1.82, 2.24) is 10.0 Å². The zero-order valence-electron chi connectivity index (χ0n) is 17.6. The van der Waals surface area contributed by atoms with Crippen LogP contribution in [0.15, 0.2) is 47.4 Å². The van der Waals surface area contributed by atoms with Gasteiger partial charge in [0.15, 0.2) is 0 Å². The van der Waals surface area contributed by atoms with Crippen molar-refractivity contribution in [3.05, 3.63) is 59.2 Å². The first-order valence-electron chi connectivity index (χ1n) is 9.70. The van der Waals surface area contributed by atoms with Crippen LogP contribution < -0.4 is 14.8 Å². The van der Waals surface area contributed by atoms with Gasteiger partial charge in [0.1, 0.15) is 18.5 Å². The van der Waals surface area contributed by atoms with Crippen molar-refractivity contribution < 1.29 is 36.2 Å². The summed E-state index contributed by atoms with van der Waals surface area (Å²) in [7, 11) is -3.77. The van der Waals surface area contributed by atoms with Crippen LogP contribution in [0.1, 0.15) is 23.1 Å². The standard InChI is InChI=1S/C21H25F3N2O5S/c1-14-6-7-19(15(2)10-14)32(29,30)26-9-8-20(28)25-12-17(27)13-31-18-5-3-4-16(11-18)21(22,23)24/h3-7,10-11,17,26-27H,8-9,12-13H2,1-2H3,(H,25,28). The van der Waals surface area contributed by atoms with Crippen molar-refractivity contribution in [3.8, 4) is 5.75 Å². The largest absolute Gasteiger partial charge is 0.491 e. The number of aliphatic hydroxyl groups is 1. The number of carbonyl (C=O) groups excluding carboxylic acids is 1. The molecule has 0 aromatic heterocycles. The van der Waals surface area contributed by atoms with Gasteiger partial charge in [-0.25, -0.2) is 13.1 Å². The topological polar surface area (TPSA) is 105 Å². The Morgan fingerprint density at radius 3 is 2.53 bits per heavy atom. The van der Waals surface area contributed by atoms with E-state index in [4.69, 9.17) is 4.74 Å². The van der Waals surface area contributed by atoms with Gasteiger partial charge in [0, 0.05) is 19.5 Å². The fourth-order valence-electron chi connectivity index (χ4n) is 2.81. The number of amides is 1. The van der Waals surface area contributed by atoms with Crippen LogP contribution in [0.4, 0.5) is 13.2 Å². The molecule has 2 aromatic rings. The van der Waals surface area contributed by atoms with Gasteiger partial charge in [-0.2, -0.15) is 13.2 Å². The Balaban J connectivity index is 1.74. The molecule has 1 unspecified atom stereocenters. The van der Waals surface area contributed by atoms with Crippen molar-refractivity contribution in [2.75, 3.05) is 19.7 Å². The number of halogens is 3. The van der Waals surface area contributed by atoms with Crippen LogP contribution in [0.25, 0.3) is 0 Å². The fourth-order valence-corrected chi connectivity index (χ4v) is 4.07. The van der Waals surface area contributed by atoms with E-state index in [2.05, 4.69) is 10.0 Å². The molecule has 0 spiro atoms. The highest BCUT2D eigenvalue weighted by molar-refractivity contribution is 7.89. The maximum absolute atomic E-state index is 12.7. The minimum Gasteiger partial charge on any atom is -0.491 e. The smallest absolute Gasteiger partial charge is 0.416 e. The van der Waals surface area contributed by atoms with Crippen molar-refractivity contribution in [2.24, 2.45) is 0 Å². The number of benzene rings is 2. The molecule has 11 heteroatoms. The van der Waals surface area contributed by atoms with E-state index in [0.29, 0.717) is 5.56 Å². The number of sulfonamides is 1. The molecule has 2 rings (SSSR count). The van der Waals surface area contributed by atoms with Gasteiger partial charge in [-0.1, -0.05) is 23.8 Å². The van der Waals surface area contributed by atoms with E-state index in [9.17, 15) is 31.5 Å². The molecule has 0 aliphatic heterocycles. The summed E-state index contributed by atoms with van der Waals surface area (Å²) in [5.74, 6) is -0.572. The summed E-state index contributed by atoms with van der Waals surface area (Å²) in [6, 6.07) is 9.13. The molecule has 0 saturated heterocycles. The maximum Gasteiger partial charge on any atom is 0.416 e. The van der Waals surface area contributed by atoms with E-state index >= 15 is 0 Å². The summed E-state index contributed by atoms with van der Waals surface area (Å²) in [5.41, 5.74) is 0.642. The van der Waals surface area contributed by atoms with E-state index in [1.807, 2.05) is 6.92 Å². The van der Waals surface area contributed by atoms with Gasteiger partial charge >= 0.3 is 6.18 Å². The van der Waals surface area contributed by atoms with Gasteiger partial charge in [-0.15, -0.1) is 0 Å². The lowest BCUT2D eigenvalue weighted by atomic mass is 10.2. The number of carbonyl (C=O) groups is 1. The average Bonchev–Trinajstić information content (AvgIpc) is 2.70. The highest BCUT2D eigenvalue weighted by Crippen LogP contribution is 2.31. The van der Waals surface area contributed by atoms with E-state index in [-0.39, 0.29) is 36.8 Å². The van der Waals surface area contributed by atoms with Crippen LogP contribution in [0.2, 0.25) is 0 Å². The molecule has 0 bridgehead atoms. The van der Waals surface area contributed by atoms with Crippen LogP contribution in [0.3, 0.4) is 0 Å². The number of aliphatic hydroxyl groups excluding tert-OH is 1. The summed E-state index contributed by atoms with van der Waals surface area (Å²) >= 11 is 0. The summed E-state index contributed by atoms with van der Waals surface area (Å²) in [4.78, 5) is 12.0. The molecule has 0 aliphatic carbocycles. The third-order valence-electron chi connectivity index (χ3n) is 4.40. The van der Waals surface area contributed by atoms with Crippen molar-refractivity contribution in [3.63, 3.8) is 0 Å². The molecule has 32 heavy (non-hydrogen) atoms. The highest BCUT2D eigenvalue weighted by Gasteiger charge is 2.30. The lowest BCUT2D eigenvalue weighted by Gasteiger charge is -2.15. The second-order valence-corrected chi connectivity index (χ2v) is 8.95. The Hall–Kier alpha value is -2.63. The molecule has 0 heterocycles. The monoisotopic (exact) mass is 474 g/mol. The Labute approximate surface area is 184 Å². The van der Waals surface area contributed by atoms with Gasteiger partial charge in [-0.3, -0.25) is 4.79 Å². The molecular weight excluding hydrogens is 449 g/mol. The predicted octanol–water partition coefficient (Wildman–Crippen LogP) is 2.55. The van der Waals surface area contributed by atoms with Crippen molar-refractivity contribution >= 4 is 15.9 Å². The number of nitrogens with one attached hydrogen (secondary N) is 2. The number of rotatable bonds is 10. The minimum atomic E-state index is -4.51. The molecule has 0 aliphatic rings. The van der Waals surface area contributed by atoms with Gasteiger partial charge in [-0.05, 0) is 43.7 Å². The molecule has 0 fully saturated rings. The zero-order valence-corrected chi connectivity index (χ0v) is 18.4. The van der Waals surface area contributed by atoms with Crippen LogP contribution in [0, 0.1) is 13.8 Å². The fraction of sp³-hybridized carbons (Fsp3) is 0.381. The second-order valence-electron chi connectivity index (χ2n) is 7.21. The molecule has 1 amide bonds. The molecule has 7 nitrogen and oxygen atoms in total. The molecule has 176 valence electrons. The van der Waals surface area contributed by atoms with Crippen LogP contribution in [-0.4, -0.2) is 45.2 Å². The Morgan fingerprint density at radius 1 is 1.16 bits per heavy atom. The first kappa shape index (κ1) is 25.6. The third-order valence-corrected chi connectivity index (χ3v) is 6.02. The average molecular weight is 475 g/mol. The molecule has 0 radical (unpaired) electrons. The Morgan fingerprint density at radius 2 is 1.88 bits per heavy atom. The van der Waals surface area contributed by atoms with Crippen LogP contribution in [-0.2, 0) is 21.0 Å². The van der Waals surface area contributed by atoms with E-state index in [1.54, 1.807) is 19.1 Å². The molecule has 2 aromatic carbocycles. The molecule has 3 N–H and O–H groups in total. The van der Waals surface area contributed by atoms with Gasteiger partial charge in [0.05, 0.1) is 10.5 Å². The minimum absolute atomic E-state index is 0.0639. The highest BCUT2D eigenvalue weighted by atomic mass is 32.2. The van der Waals surface area contributed by atoms with Crippen molar-refractivity contribution in [1.29, 1.82) is 0 Å². The molecule has 0 saturated carbocycles. The number of ether oxygens (including phenoxy) is 1. The molecular formula is C21H25F3N2O5S. The third kappa shape index (κ3) is 7.81. The van der Waals surface area contributed by atoms with Crippen LogP contribution >= 0.6 is 0 Å². The molecule has 1 atom stereocenters. The summed E-state index contributed by atoms with van der Waals surface area (Å²) in [6.07, 6.45) is -5.84. The lowest BCUT2D eigenvalue weighted by Crippen LogP contribution is -2.37. The quantitative estimate of drug-likeness (QED) is 0.491. The van der Waals surface area contributed by atoms with Gasteiger partial charge in [0.25, 0.3) is 0 Å².